The Morgan fingerprint density at radius 2 is 2.00 bits per heavy atom. The van der Waals surface area contributed by atoms with Gasteiger partial charge < -0.3 is 9.63 Å². The fourth-order valence-electron chi connectivity index (χ4n) is 1.79. The molecule has 0 unspecified atom stereocenters. The molecule has 7 heteroatoms. The van der Waals surface area contributed by atoms with Gasteiger partial charge in [0.15, 0.2) is 9.84 Å². The third-order valence-corrected chi connectivity index (χ3v) is 4.46. The predicted molar refractivity (Wildman–Crippen MR) is 70.3 cm³/mol. The van der Waals surface area contributed by atoms with Crippen LogP contribution in [0.5, 0.6) is 0 Å². The van der Waals surface area contributed by atoms with Gasteiger partial charge in [-0.1, -0.05) is 11.2 Å². The van der Waals surface area contributed by atoms with Crippen LogP contribution in [0, 0.1) is 13.8 Å². The Morgan fingerprint density at radius 1 is 1.30 bits per heavy atom. The highest BCUT2D eigenvalue weighted by molar-refractivity contribution is 7.90. The van der Waals surface area contributed by atoms with Crippen LogP contribution in [0.15, 0.2) is 33.7 Å². The third kappa shape index (κ3) is 2.88. The Hall–Kier alpha value is -2.15. The third-order valence-electron chi connectivity index (χ3n) is 2.81. The van der Waals surface area contributed by atoms with Gasteiger partial charge in [-0.05, 0) is 31.5 Å². The molecule has 2 rings (SSSR count). The summed E-state index contributed by atoms with van der Waals surface area (Å²) in [7, 11) is -3.66. The lowest BCUT2D eigenvalue weighted by atomic mass is 10.1. The van der Waals surface area contributed by atoms with Gasteiger partial charge in [-0.3, -0.25) is 0 Å². The van der Waals surface area contributed by atoms with E-state index in [9.17, 15) is 13.2 Å². The lowest BCUT2D eigenvalue weighted by molar-refractivity contribution is 0.0696. The summed E-state index contributed by atoms with van der Waals surface area (Å²) in [5, 5.41) is 12.7. The van der Waals surface area contributed by atoms with Crippen molar-refractivity contribution in [3.63, 3.8) is 0 Å². The molecule has 20 heavy (non-hydrogen) atoms. The highest BCUT2D eigenvalue weighted by Gasteiger charge is 2.20. The van der Waals surface area contributed by atoms with Gasteiger partial charge in [-0.15, -0.1) is 0 Å². The van der Waals surface area contributed by atoms with Crippen molar-refractivity contribution in [2.24, 2.45) is 0 Å². The zero-order valence-electron chi connectivity index (χ0n) is 11.0. The van der Waals surface area contributed by atoms with Gasteiger partial charge in [-0.2, -0.15) is 0 Å². The fraction of sp³-hybridized carbons (Fsp3) is 0.231. The average molecular weight is 295 g/mol. The molecule has 0 saturated carbocycles. The van der Waals surface area contributed by atoms with Crippen molar-refractivity contribution in [1.82, 2.24) is 5.16 Å². The molecule has 2 aromatic rings. The molecule has 0 bridgehead atoms. The summed E-state index contributed by atoms with van der Waals surface area (Å²) in [6, 6.07) is 5.57. The molecule has 1 aromatic heterocycles. The molecule has 0 aliphatic carbocycles. The summed E-state index contributed by atoms with van der Waals surface area (Å²) in [5.41, 5.74) is 0.774. The van der Waals surface area contributed by atoms with Crippen LogP contribution >= 0.6 is 0 Å². The summed E-state index contributed by atoms with van der Waals surface area (Å²) >= 11 is 0. The highest BCUT2D eigenvalue weighted by atomic mass is 32.2. The quantitative estimate of drug-likeness (QED) is 0.926. The van der Waals surface area contributed by atoms with Crippen LogP contribution in [0.25, 0.3) is 0 Å². The molecular weight excluding hydrogens is 282 g/mol. The second kappa shape index (κ2) is 5.09. The van der Waals surface area contributed by atoms with E-state index >= 15 is 0 Å². The Bertz CT molecular complexity index is 761. The molecule has 0 radical (unpaired) electrons. The van der Waals surface area contributed by atoms with Crippen LogP contribution in [-0.4, -0.2) is 24.7 Å². The first kappa shape index (κ1) is 14.3. The summed E-state index contributed by atoms with van der Waals surface area (Å²) in [6.45, 7) is 3.28. The Morgan fingerprint density at radius 3 is 2.55 bits per heavy atom. The fourth-order valence-corrected chi connectivity index (χ4v) is 3.05. The first-order valence-electron chi connectivity index (χ1n) is 5.78. The van der Waals surface area contributed by atoms with E-state index < -0.39 is 15.8 Å². The molecule has 106 valence electrons. The molecule has 6 nitrogen and oxygen atoms in total. The molecule has 0 amide bonds. The standard InChI is InChI=1S/C13H13NO5S/c1-8-3-4-11(6-12(8)13(15)16)20(17,18)7-10-5-9(2)19-14-10/h3-6H,7H2,1-2H3,(H,15,16). The maximum absolute atomic E-state index is 12.2. The smallest absolute Gasteiger partial charge is 0.335 e. The second-order valence-electron chi connectivity index (χ2n) is 4.47. The maximum atomic E-state index is 12.2. The molecule has 1 aromatic carbocycles. The molecule has 0 saturated heterocycles. The van der Waals surface area contributed by atoms with E-state index in [1.807, 2.05) is 0 Å². The first-order chi connectivity index (χ1) is 9.29. The molecular formula is C13H13NO5S. The summed E-state index contributed by atoms with van der Waals surface area (Å²) in [5.74, 6) is -0.964. The van der Waals surface area contributed by atoms with Crippen LogP contribution in [0.4, 0.5) is 0 Å². The van der Waals surface area contributed by atoms with Crippen molar-refractivity contribution in [2.45, 2.75) is 24.5 Å². The van der Waals surface area contributed by atoms with E-state index in [0.717, 1.165) is 0 Å². The summed E-state index contributed by atoms with van der Waals surface area (Å²) in [4.78, 5) is 11.0. The monoisotopic (exact) mass is 295 g/mol. The molecule has 0 aliphatic heterocycles. The molecule has 0 aliphatic rings. The average Bonchev–Trinajstić information content (AvgIpc) is 2.73. The lowest BCUT2D eigenvalue weighted by Gasteiger charge is -2.06. The molecule has 1 N–H and O–H groups in total. The van der Waals surface area contributed by atoms with Crippen molar-refractivity contribution in [2.75, 3.05) is 0 Å². The van der Waals surface area contributed by atoms with Crippen LogP contribution in [0.3, 0.4) is 0 Å². The molecule has 0 atom stereocenters. The van der Waals surface area contributed by atoms with E-state index in [1.54, 1.807) is 13.8 Å². The van der Waals surface area contributed by atoms with Gasteiger partial charge in [0, 0.05) is 6.07 Å². The van der Waals surface area contributed by atoms with Crippen molar-refractivity contribution in [3.8, 4) is 0 Å². The SMILES string of the molecule is Cc1cc(CS(=O)(=O)c2ccc(C)c(C(=O)O)c2)no1. The zero-order chi connectivity index (χ0) is 14.9. The number of aromatic nitrogens is 1. The van der Waals surface area contributed by atoms with Gasteiger partial charge in [0.25, 0.3) is 0 Å². The normalized spacial score (nSPS) is 11.5. The highest BCUT2D eigenvalue weighted by Crippen LogP contribution is 2.20. The van der Waals surface area contributed by atoms with Gasteiger partial charge >= 0.3 is 5.97 Å². The van der Waals surface area contributed by atoms with Crippen LogP contribution in [-0.2, 0) is 15.6 Å². The number of hydrogen-bond donors (Lipinski definition) is 1. The molecule has 0 fully saturated rings. The van der Waals surface area contributed by atoms with Crippen LogP contribution in [0.1, 0.15) is 27.4 Å². The van der Waals surface area contributed by atoms with E-state index in [2.05, 4.69) is 5.16 Å². The molecule has 1 heterocycles. The topological polar surface area (TPSA) is 97.5 Å². The van der Waals surface area contributed by atoms with Crippen molar-refractivity contribution >= 4 is 15.8 Å². The first-order valence-corrected chi connectivity index (χ1v) is 7.44. The van der Waals surface area contributed by atoms with E-state index in [0.29, 0.717) is 17.0 Å². The van der Waals surface area contributed by atoms with Crippen molar-refractivity contribution in [1.29, 1.82) is 0 Å². The number of hydrogen-bond acceptors (Lipinski definition) is 5. The Labute approximate surface area is 115 Å². The van der Waals surface area contributed by atoms with Gasteiger partial charge in [0.1, 0.15) is 11.5 Å². The van der Waals surface area contributed by atoms with Crippen molar-refractivity contribution in [3.05, 3.63) is 46.8 Å². The maximum Gasteiger partial charge on any atom is 0.335 e. The van der Waals surface area contributed by atoms with E-state index in [-0.39, 0.29) is 16.2 Å². The number of rotatable bonds is 4. The minimum absolute atomic E-state index is 0.0255. The Balaban J connectivity index is 2.39. The largest absolute Gasteiger partial charge is 0.478 e. The number of carboxylic acid groups (broad SMARTS) is 1. The predicted octanol–water partition coefficient (Wildman–Crippen LogP) is 1.96. The number of benzene rings is 1. The number of aryl methyl sites for hydroxylation is 2. The second-order valence-corrected chi connectivity index (χ2v) is 6.46. The van der Waals surface area contributed by atoms with Crippen LogP contribution < -0.4 is 0 Å². The summed E-state index contributed by atoms with van der Waals surface area (Å²) in [6.07, 6.45) is 0. The lowest BCUT2D eigenvalue weighted by Crippen LogP contribution is -2.08. The van der Waals surface area contributed by atoms with E-state index in [1.165, 1.54) is 24.3 Å². The van der Waals surface area contributed by atoms with E-state index in [4.69, 9.17) is 9.63 Å². The number of nitrogens with zero attached hydrogens (tertiary/aromatic N) is 1. The molecule has 0 spiro atoms. The van der Waals surface area contributed by atoms with Crippen molar-refractivity contribution < 1.29 is 22.8 Å². The van der Waals surface area contributed by atoms with Gasteiger partial charge in [0.05, 0.1) is 16.2 Å². The minimum atomic E-state index is -3.66. The Kier molecular flexibility index (Phi) is 3.63. The number of carbonyl (C=O) groups is 1. The summed E-state index contributed by atoms with van der Waals surface area (Å²) < 4.78 is 29.3. The van der Waals surface area contributed by atoms with Gasteiger partial charge in [0.2, 0.25) is 0 Å². The number of carboxylic acids is 1. The number of sulfone groups is 1. The van der Waals surface area contributed by atoms with Gasteiger partial charge in [-0.25, -0.2) is 13.2 Å². The van der Waals surface area contributed by atoms with Crippen LogP contribution in [0.2, 0.25) is 0 Å². The minimum Gasteiger partial charge on any atom is -0.478 e. The number of aromatic carboxylic acids is 1. The zero-order valence-corrected chi connectivity index (χ0v) is 11.8.